The molecule has 4 rings (SSSR count). The van der Waals surface area contributed by atoms with Crippen LogP contribution >= 0.6 is 23.1 Å². The number of hydrogen-bond acceptors (Lipinski definition) is 6. The van der Waals surface area contributed by atoms with Crippen molar-refractivity contribution in [2.24, 2.45) is 0 Å². The number of amides is 1. The molecular formula is C22H25N5O2S2. The van der Waals surface area contributed by atoms with Gasteiger partial charge in [0.15, 0.2) is 5.16 Å². The zero-order valence-electron chi connectivity index (χ0n) is 17.8. The Balaban J connectivity index is 1.55. The van der Waals surface area contributed by atoms with Crippen LogP contribution in [-0.4, -0.2) is 30.8 Å². The van der Waals surface area contributed by atoms with Crippen LogP contribution in [0.25, 0.3) is 16.0 Å². The summed E-state index contributed by atoms with van der Waals surface area (Å²) < 4.78 is 4.26. The number of thioether (sulfide) groups is 1. The van der Waals surface area contributed by atoms with Gasteiger partial charge in [-0.25, -0.2) is 0 Å². The number of rotatable bonds is 8. The van der Waals surface area contributed by atoms with Crippen LogP contribution in [0.1, 0.15) is 45.1 Å². The number of carbonyl (C=O) groups is 1. The Morgan fingerprint density at radius 2 is 1.97 bits per heavy atom. The summed E-state index contributed by atoms with van der Waals surface area (Å²) >= 11 is 2.73. The Kier molecular flexibility index (Phi) is 6.43. The van der Waals surface area contributed by atoms with Crippen molar-refractivity contribution in [3.63, 3.8) is 0 Å². The highest BCUT2D eigenvalue weighted by molar-refractivity contribution is 7.99. The summed E-state index contributed by atoms with van der Waals surface area (Å²) in [6, 6.07) is 9.81. The van der Waals surface area contributed by atoms with E-state index < -0.39 is 0 Å². The van der Waals surface area contributed by atoms with E-state index in [1.165, 1.54) is 28.7 Å². The fourth-order valence-corrected chi connectivity index (χ4v) is 4.95. The summed E-state index contributed by atoms with van der Waals surface area (Å²) in [6.45, 7) is 6.97. The largest absolute Gasteiger partial charge is 0.325 e. The van der Waals surface area contributed by atoms with Crippen LogP contribution in [-0.2, 0) is 11.3 Å². The van der Waals surface area contributed by atoms with Crippen LogP contribution in [0.4, 0.5) is 5.69 Å². The molecule has 7 nitrogen and oxygen atoms in total. The number of aromatic nitrogens is 4. The number of aryl methyl sites for hydroxylation is 1. The van der Waals surface area contributed by atoms with Crippen LogP contribution in [0, 0.1) is 0 Å². The second kappa shape index (κ2) is 9.23. The number of hydrogen-bond donors (Lipinski definition) is 1. The van der Waals surface area contributed by atoms with E-state index in [1.54, 1.807) is 4.57 Å². The molecule has 162 valence electrons. The number of unbranched alkanes of at least 4 members (excludes halogenated alkanes) is 1. The van der Waals surface area contributed by atoms with Gasteiger partial charge in [-0.15, -0.1) is 21.5 Å². The average Bonchev–Trinajstić information content (AvgIpc) is 3.40. The quantitative estimate of drug-likeness (QED) is 0.388. The molecule has 0 aliphatic carbocycles. The molecule has 1 amide bonds. The highest BCUT2D eigenvalue weighted by atomic mass is 32.2. The van der Waals surface area contributed by atoms with Gasteiger partial charge >= 0.3 is 0 Å². The monoisotopic (exact) mass is 455 g/mol. The number of anilines is 1. The molecule has 0 unspecified atom stereocenters. The minimum absolute atomic E-state index is 0.0301. The average molecular weight is 456 g/mol. The van der Waals surface area contributed by atoms with Gasteiger partial charge in [0.25, 0.3) is 5.56 Å². The van der Waals surface area contributed by atoms with Crippen molar-refractivity contribution in [3.8, 4) is 0 Å². The van der Waals surface area contributed by atoms with Crippen molar-refractivity contribution >= 4 is 50.7 Å². The molecule has 3 aromatic heterocycles. The molecule has 0 atom stereocenters. The summed E-state index contributed by atoms with van der Waals surface area (Å²) in [5.74, 6) is 1.06. The maximum absolute atomic E-state index is 12.9. The first kappa shape index (κ1) is 21.6. The molecule has 31 heavy (non-hydrogen) atoms. The van der Waals surface area contributed by atoms with Crippen LogP contribution in [0.3, 0.4) is 0 Å². The predicted octanol–water partition coefficient (Wildman–Crippen LogP) is 4.76. The fraction of sp³-hybridized carbons (Fsp3) is 0.364. The van der Waals surface area contributed by atoms with Crippen molar-refractivity contribution in [1.82, 2.24) is 19.2 Å². The number of nitrogens with zero attached hydrogens (tertiary/aromatic N) is 4. The van der Waals surface area contributed by atoms with Gasteiger partial charge in [0.2, 0.25) is 11.7 Å². The predicted molar refractivity (Wildman–Crippen MR) is 127 cm³/mol. The number of fused-ring (bicyclic) bond motifs is 3. The first-order chi connectivity index (χ1) is 15.0. The topological polar surface area (TPSA) is 81.3 Å². The number of nitrogens with one attached hydrogen (secondary N) is 1. The van der Waals surface area contributed by atoms with Crippen molar-refractivity contribution in [1.29, 1.82) is 0 Å². The SMILES string of the molecule is CCCCn1c(=O)c2sccc2n2c(SCC(=O)Nc3ccc(C(C)C)cc3)nnc12. The van der Waals surface area contributed by atoms with Gasteiger partial charge in [-0.2, -0.15) is 0 Å². The molecule has 0 saturated heterocycles. The van der Waals surface area contributed by atoms with E-state index in [2.05, 4.69) is 36.3 Å². The van der Waals surface area contributed by atoms with E-state index in [9.17, 15) is 9.59 Å². The molecule has 9 heteroatoms. The van der Waals surface area contributed by atoms with Crippen LogP contribution in [0.15, 0.2) is 45.7 Å². The van der Waals surface area contributed by atoms with Gasteiger partial charge in [-0.05, 0) is 41.5 Å². The van der Waals surface area contributed by atoms with Crippen LogP contribution in [0.5, 0.6) is 0 Å². The molecule has 0 aliphatic heterocycles. The molecule has 0 bridgehead atoms. The Morgan fingerprint density at radius 1 is 1.19 bits per heavy atom. The summed E-state index contributed by atoms with van der Waals surface area (Å²) in [4.78, 5) is 25.4. The molecule has 1 aromatic carbocycles. The van der Waals surface area contributed by atoms with Gasteiger partial charge in [-0.3, -0.25) is 18.6 Å². The van der Waals surface area contributed by atoms with Gasteiger partial charge in [-0.1, -0.05) is 51.1 Å². The number of benzene rings is 1. The minimum Gasteiger partial charge on any atom is -0.325 e. The van der Waals surface area contributed by atoms with Gasteiger partial charge in [0, 0.05) is 12.2 Å². The molecule has 1 N–H and O–H groups in total. The third kappa shape index (κ3) is 4.38. The molecular weight excluding hydrogens is 430 g/mol. The highest BCUT2D eigenvalue weighted by Gasteiger charge is 2.18. The normalized spacial score (nSPS) is 11.6. The zero-order chi connectivity index (χ0) is 22.0. The van der Waals surface area contributed by atoms with Gasteiger partial charge in [0.05, 0.1) is 11.3 Å². The standard InChI is InChI=1S/C22H25N5O2S2/c1-4-5-11-26-20(29)19-17(10-12-30-19)27-21(26)24-25-22(27)31-13-18(28)23-16-8-6-15(7-9-16)14(2)3/h6-10,12,14H,4-5,11,13H2,1-3H3,(H,23,28). The van der Waals surface area contributed by atoms with Crippen molar-refractivity contribution < 1.29 is 4.79 Å². The summed E-state index contributed by atoms with van der Waals surface area (Å²) in [6.07, 6.45) is 1.87. The Hall–Kier alpha value is -2.65. The molecule has 0 radical (unpaired) electrons. The van der Waals surface area contributed by atoms with Crippen molar-refractivity contribution in [3.05, 3.63) is 51.6 Å². The lowest BCUT2D eigenvalue weighted by atomic mass is 10.0. The lowest BCUT2D eigenvalue weighted by Gasteiger charge is -2.09. The second-order valence-electron chi connectivity index (χ2n) is 7.68. The lowest BCUT2D eigenvalue weighted by Crippen LogP contribution is -2.22. The van der Waals surface area contributed by atoms with E-state index in [0.29, 0.717) is 28.1 Å². The van der Waals surface area contributed by atoms with Crippen molar-refractivity contribution in [2.45, 2.75) is 51.2 Å². The molecule has 4 aromatic rings. The smallest absolute Gasteiger partial charge is 0.272 e. The van der Waals surface area contributed by atoms with E-state index in [-0.39, 0.29) is 17.2 Å². The van der Waals surface area contributed by atoms with E-state index >= 15 is 0 Å². The Labute approximate surface area is 188 Å². The molecule has 0 saturated carbocycles. The third-order valence-corrected chi connectivity index (χ3v) is 6.93. The zero-order valence-corrected chi connectivity index (χ0v) is 19.4. The maximum atomic E-state index is 12.9. The third-order valence-electron chi connectivity index (χ3n) is 5.11. The van der Waals surface area contributed by atoms with Crippen molar-refractivity contribution in [2.75, 3.05) is 11.1 Å². The van der Waals surface area contributed by atoms with Crippen LogP contribution < -0.4 is 10.9 Å². The molecule has 0 fully saturated rings. The molecule has 0 spiro atoms. The lowest BCUT2D eigenvalue weighted by molar-refractivity contribution is -0.113. The van der Waals surface area contributed by atoms with E-state index in [1.807, 2.05) is 40.1 Å². The van der Waals surface area contributed by atoms with E-state index in [0.717, 1.165) is 24.0 Å². The van der Waals surface area contributed by atoms with Gasteiger partial charge < -0.3 is 5.32 Å². The van der Waals surface area contributed by atoms with Gasteiger partial charge in [0.1, 0.15) is 4.70 Å². The number of thiophene rings is 1. The molecule has 0 aliphatic rings. The Morgan fingerprint density at radius 3 is 2.68 bits per heavy atom. The summed E-state index contributed by atoms with van der Waals surface area (Å²) in [5, 5.41) is 14.0. The minimum atomic E-state index is -0.111. The second-order valence-corrected chi connectivity index (χ2v) is 9.54. The maximum Gasteiger partial charge on any atom is 0.272 e. The fourth-order valence-electron chi connectivity index (χ4n) is 3.39. The summed E-state index contributed by atoms with van der Waals surface area (Å²) in [7, 11) is 0. The highest BCUT2D eigenvalue weighted by Crippen LogP contribution is 2.25. The van der Waals surface area contributed by atoms with E-state index in [4.69, 9.17) is 0 Å². The van der Waals surface area contributed by atoms with Crippen LogP contribution in [0.2, 0.25) is 0 Å². The first-order valence-electron chi connectivity index (χ1n) is 10.4. The number of carbonyl (C=O) groups excluding carboxylic acids is 1. The first-order valence-corrected chi connectivity index (χ1v) is 12.2. The molecule has 3 heterocycles. The summed E-state index contributed by atoms with van der Waals surface area (Å²) in [5.41, 5.74) is 2.76. The Bertz CT molecular complexity index is 1270.